The molecule has 0 aliphatic rings. The largest absolute Gasteiger partial charge is 0.359 e. The van der Waals surface area contributed by atoms with Gasteiger partial charge in [-0.3, -0.25) is 0 Å². The Morgan fingerprint density at radius 2 is 2.06 bits per heavy atom. The molecule has 0 saturated heterocycles. The molecule has 0 saturated carbocycles. The van der Waals surface area contributed by atoms with Gasteiger partial charge in [-0.1, -0.05) is 13.8 Å². The van der Waals surface area contributed by atoms with Gasteiger partial charge in [-0.2, -0.15) is 4.98 Å². The lowest BCUT2D eigenvalue weighted by atomic mass is 10.1. The summed E-state index contributed by atoms with van der Waals surface area (Å²) in [6, 6.07) is 2.03. The Hall–Kier alpha value is -1.32. The van der Waals surface area contributed by atoms with Gasteiger partial charge in [-0.05, 0) is 26.2 Å². The molecule has 96 valence electrons. The summed E-state index contributed by atoms with van der Waals surface area (Å²) in [5.74, 6) is 2.43. The van der Waals surface area contributed by atoms with Crippen molar-refractivity contribution in [3.63, 3.8) is 0 Å². The summed E-state index contributed by atoms with van der Waals surface area (Å²) in [5, 5.41) is 3.16. The Bertz CT molecular complexity index is 349. The molecule has 0 bridgehead atoms. The van der Waals surface area contributed by atoms with Gasteiger partial charge in [-0.25, -0.2) is 4.98 Å². The molecule has 0 unspecified atom stereocenters. The van der Waals surface area contributed by atoms with Crippen LogP contribution >= 0.6 is 0 Å². The molecule has 4 nitrogen and oxygen atoms in total. The van der Waals surface area contributed by atoms with Crippen molar-refractivity contribution in [3.05, 3.63) is 11.8 Å². The second kappa shape index (κ2) is 6.42. The lowest BCUT2D eigenvalue weighted by Crippen LogP contribution is -2.22. The Kier molecular flexibility index (Phi) is 5.19. The summed E-state index contributed by atoms with van der Waals surface area (Å²) in [6.45, 7) is 10.4. The van der Waals surface area contributed by atoms with Crippen LogP contribution in [0.5, 0.6) is 0 Å². The van der Waals surface area contributed by atoms with Crippen LogP contribution in [0.1, 0.15) is 32.9 Å². The van der Waals surface area contributed by atoms with E-state index in [9.17, 15) is 0 Å². The molecular weight excluding hydrogens is 212 g/mol. The van der Waals surface area contributed by atoms with Crippen molar-refractivity contribution >= 4 is 11.8 Å². The van der Waals surface area contributed by atoms with Crippen LogP contribution in [0.2, 0.25) is 0 Å². The van der Waals surface area contributed by atoms with Crippen LogP contribution in [0.4, 0.5) is 11.8 Å². The predicted octanol–water partition coefficient (Wildman–Crippen LogP) is 2.70. The van der Waals surface area contributed by atoms with Gasteiger partial charge in [-0.15, -0.1) is 0 Å². The zero-order chi connectivity index (χ0) is 12.8. The molecule has 0 aromatic carbocycles. The quantitative estimate of drug-likeness (QED) is 0.824. The predicted molar refractivity (Wildman–Crippen MR) is 73.7 cm³/mol. The van der Waals surface area contributed by atoms with Crippen LogP contribution in [0.25, 0.3) is 0 Å². The summed E-state index contributed by atoms with van der Waals surface area (Å²) >= 11 is 0. The third-order valence-corrected chi connectivity index (χ3v) is 2.61. The minimum absolute atomic E-state index is 0.716. The van der Waals surface area contributed by atoms with Crippen LogP contribution in [0, 0.1) is 12.8 Å². The molecule has 1 heterocycles. The van der Waals surface area contributed by atoms with Crippen molar-refractivity contribution in [3.8, 4) is 0 Å². The van der Waals surface area contributed by atoms with Crippen molar-refractivity contribution in [2.24, 2.45) is 5.92 Å². The molecule has 0 fully saturated rings. The van der Waals surface area contributed by atoms with Crippen molar-refractivity contribution in [2.45, 2.75) is 34.1 Å². The third kappa shape index (κ3) is 4.59. The van der Waals surface area contributed by atoms with E-state index in [2.05, 4.69) is 41.1 Å². The fraction of sp³-hybridized carbons (Fsp3) is 0.692. The SMILES string of the molecule is CCNc1nc(C)cc(N(C)CCC(C)C)n1. The third-order valence-electron chi connectivity index (χ3n) is 2.61. The summed E-state index contributed by atoms with van der Waals surface area (Å²) < 4.78 is 0. The van der Waals surface area contributed by atoms with Gasteiger partial charge >= 0.3 is 0 Å². The van der Waals surface area contributed by atoms with E-state index in [1.54, 1.807) is 0 Å². The van der Waals surface area contributed by atoms with Gasteiger partial charge in [0.15, 0.2) is 0 Å². The highest BCUT2D eigenvalue weighted by molar-refractivity contribution is 5.43. The van der Waals surface area contributed by atoms with E-state index in [4.69, 9.17) is 0 Å². The van der Waals surface area contributed by atoms with Crippen LogP contribution < -0.4 is 10.2 Å². The van der Waals surface area contributed by atoms with Gasteiger partial charge < -0.3 is 10.2 Å². The first-order valence-corrected chi connectivity index (χ1v) is 6.33. The first kappa shape index (κ1) is 13.7. The molecule has 0 atom stereocenters. The minimum atomic E-state index is 0.716. The van der Waals surface area contributed by atoms with Crippen molar-refractivity contribution in [2.75, 3.05) is 30.4 Å². The molecule has 1 N–H and O–H groups in total. The van der Waals surface area contributed by atoms with E-state index in [0.717, 1.165) is 30.5 Å². The van der Waals surface area contributed by atoms with Crippen LogP contribution in [0.15, 0.2) is 6.07 Å². The maximum atomic E-state index is 4.50. The molecule has 0 radical (unpaired) electrons. The molecule has 0 aliphatic heterocycles. The van der Waals surface area contributed by atoms with Crippen molar-refractivity contribution in [1.82, 2.24) is 9.97 Å². The molecule has 1 aromatic heterocycles. The summed E-state index contributed by atoms with van der Waals surface area (Å²) in [5.41, 5.74) is 1.00. The first-order valence-electron chi connectivity index (χ1n) is 6.33. The lowest BCUT2D eigenvalue weighted by Gasteiger charge is -2.20. The highest BCUT2D eigenvalue weighted by Gasteiger charge is 2.07. The lowest BCUT2D eigenvalue weighted by molar-refractivity contribution is 0.583. The normalized spacial score (nSPS) is 10.7. The molecule has 0 amide bonds. The van der Waals surface area contributed by atoms with Crippen molar-refractivity contribution in [1.29, 1.82) is 0 Å². The van der Waals surface area contributed by atoms with Gasteiger partial charge in [0, 0.05) is 31.9 Å². The Morgan fingerprint density at radius 3 is 2.65 bits per heavy atom. The van der Waals surface area contributed by atoms with E-state index in [1.807, 2.05) is 19.9 Å². The number of rotatable bonds is 6. The highest BCUT2D eigenvalue weighted by Crippen LogP contribution is 2.14. The molecule has 0 spiro atoms. The van der Waals surface area contributed by atoms with Crippen molar-refractivity contribution < 1.29 is 0 Å². The average Bonchev–Trinajstić information content (AvgIpc) is 2.25. The maximum Gasteiger partial charge on any atom is 0.224 e. The average molecular weight is 236 g/mol. The van der Waals surface area contributed by atoms with E-state index < -0.39 is 0 Å². The number of nitrogens with one attached hydrogen (secondary N) is 1. The van der Waals surface area contributed by atoms with E-state index in [-0.39, 0.29) is 0 Å². The molecule has 1 aromatic rings. The van der Waals surface area contributed by atoms with Gasteiger partial charge in [0.2, 0.25) is 5.95 Å². The number of aromatic nitrogens is 2. The second-order valence-corrected chi connectivity index (χ2v) is 4.83. The zero-order valence-corrected chi connectivity index (χ0v) is 11.6. The van der Waals surface area contributed by atoms with Crippen LogP contribution in [0.3, 0.4) is 0 Å². The number of hydrogen-bond donors (Lipinski definition) is 1. The van der Waals surface area contributed by atoms with Crippen LogP contribution in [-0.4, -0.2) is 30.1 Å². The zero-order valence-electron chi connectivity index (χ0n) is 11.6. The molecule has 0 aliphatic carbocycles. The molecule has 4 heteroatoms. The van der Waals surface area contributed by atoms with Gasteiger partial charge in [0.25, 0.3) is 0 Å². The molecular formula is C13H24N4. The second-order valence-electron chi connectivity index (χ2n) is 4.83. The van der Waals surface area contributed by atoms with E-state index in [0.29, 0.717) is 5.92 Å². The Balaban J connectivity index is 2.74. The standard InChI is InChI=1S/C13H24N4/c1-6-14-13-15-11(4)9-12(16-13)17(5)8-7-10(2)3/h9-10H,6-8H2,1-5H3,(H,14,15,16). The van der Waals surface area contributed by atoms with Gasteiger partial charge in [0.1, 0.15) is 5.82 Å². The summed E-state index contributed by atoms with van der Waals surface area (Å²) in [6.07, 6.45) is 1.18. The maximum absolute atomic E-state index is 4.50. The fourth-order valence-corrected chi connectivity index (χ4v) is 1.55. The summed E-state index contributed by atoms with van der Waals surface area (Å²) in [4.78, 5) is 11.0. The number of nitrogens with zero attached hydrogens (tertiary/aromatic N) is 3. The van der Waals surface area contributed by atoms with E-state index in [1.165, 1.54) is 6.42 Å². The minimum Gasteiger partial charge on any atom is -0.359 e. The number of anilines is 2. The summed E-state index contributed by atoms with van der Waals surface area (Å²) in [7, 11) is 2.08. The smallest absolute Gasteiger partial charge is 0.224 e. The topological polar surface area (TPSA) is 41.1 Å². The molecule has 1 rings (SSSR count). The number of hydrogen-bond acceptors (Lipinski definition) is 4. The Morgan fingerprint density at radius 1 is 1.35 bits per heavy atom. The number of aryl methyl sites for hydroxylation is 1. The van der Waals surface area contributed by atoms with Crippen LogP contribution in [-0.2, 0) is 0 Å². The molecule has 17 heavy (non-hydrogen) atoms. The Labute approximate surface area is 104 Å². The van der Waals surface area contributed by atoms with E-state index >= 15 is 0 Å². The highest BCUT2D eigenvalue weighted by atomic mass is 15.2. The monoisotopic (exact) mass is 236 g/mol. The fourth-order valence-electron chi connectivity index (χ4n) is 1.55. The van der Waals surface area contributed by atoms with Gasteiger partial charge in [0.05, 0.1) is 0 Å². The first-order chi connectivity index (χ1) is 8.02.